The Kier molecular flexibility index (Phi) is 2.84. The van der Waals surface area contributed by atoms with Gasteiger partial charge in [-0.05, 0) is 26.3 Å². The first-order chi connectivity index (χ1) is 8.35. The van der Waals surface area contributed by atoms with Crippen molar-refractivity contribution in [3.8, 4) is 0 Å². The average molecular weight is 233 g/mol. The molecule has 92 valence electrons. The summed E-state index contributed by atoms with van der Waals surface area (Å²) in [7, 11) is 2.03. The quantitative estimate of drug-likeness (QED) is 0.807. The molecule has 2 aliphatic rings. The van der Waals surface area contributed by atoms with Gasteiger partial charge in [-0.15, -0.1) is 5.10 Å². The van der Waals surface area contributed by atoms with E-state index >= 15 is 0 Å². The zero-order chi connectivity index (χ0) is 11.7. The number of hydrogen-bond donors (Lipinski definition) is 2. The molecule has 1 unspecified atom stereocenters. The van der Waals surface area contributed by atoms with Gasteiger partial charge in [-0.3, -0.25) is 0 Å². The van der Waals surface area contributed by atoms with Crippen molar-refractivity contribution >= 4 is 11.5 Å². The molecule has 1 aromatic heterocycles. The maximum Gasteiger partial charge on any atom is 0.150 e. The second kappa shape index (κ2) is 4.49. The summed E-state index contributed by atoms with van der Waals surface area (Å²) in [6, 6.07) is 3.34. The number of nitrogens with zero attached hydrogens (tertiary/aromatic N) is 3. The summed E-state index contributed by atoms with van der Waals surface area (Å²) in [5.41, 5.74) is 1.18. The number of anilines is 2. The van der Waals surface area contributed by atoms with Crippen LogP contribution in [0.3, 0.4) is 0 Å². The Morgan fingerprint density at radius 2 is 2.18 bits per heavy atom. The highest BCUT2D eigenvalue weighted by molar-refractivity contribution is 5.53. The van der Waals surface area contributed by atoms with E-state index in [1.807, 2.05) is 13.2 Å². The van der Waals surface area contributed by atoms with Gasteiger partial charge >= 0.3 is 0 Å². The minimum atomic E-state index is 0.600. The van der Waals surface area contributed by atoms with E-state index in [0.717, 1.165) is 18.9 Å². The summed E-state index contributed by atoms with van der Waals surface area (Å²) in [5, 5.41) is 14.9. The predicted molar refractivity (Wildman–Crippen MR) is 68.4 cm³/mol. The van der Waals surface area contributed by atoms with E-state index in [1.165, 1.54) is 24.9 Å². The van der Waals surface area contributed by atoms with E-state index in [1.54, 1.807) is 0 Å². The number of likely N-dealkylation sites (N-methyl/N-ethyl adjacent to an activating group) is 1. The Bertz CT molecular complexity index is 390. The third-order valence-electron chi connectivity index (χ3n) is 3.53. The van der Waals surface area contributed by atoms with Gasteiger partial charge < -0.3 is 15.5 Å². The van der Waals surface area contributed by atoms with E-state index in [0.29, 0.717) is 12.1 Å². The van der Waals surface area contributed by atoms with Crippen LogP contribution in [0.15, 0.2) is 12.3 Å². The fraction of sp³-hybridized carbons (Fsp3) is 0.667. The van der Waals surface area contributed by atoms with E-state index in [2.05, 4.69) is 31.8 Å². The largest absolute Gasteiger partial charge is 0.369 e. The van der Waals surface area contributed by atoms with Crippen LogP contribution < -0.4 is 15.5 Å². The van der Waals surface area contributed by atoms with Crippen LogP contribution in [-0.4, -0.2) is 42.4 Å². The first kappa shape index (κ1) is 10.8. The lowest BCUT2D eigenvalue weighted by molar-refractivity contribution is 0.617. The fourth-order valence-electron chi connectivity index (χ4n) is 2.27. The van der Waals surface area contributed by atoms with Crippen LogP contribution in [0, 0.1) is 0 Å². The number of rotatable bonds is 4. The van der Waals surface area contributed by atoms with Crippen molar-refractivity contribution in [3.63, 3.8) is 0 Å². The highest BCUT2D eigenvalue weighted by atomic mass is 15.2. The second-order valence-electron chi connectivity index (χ2n) is 4.94. The topological polar surface area (TPSA) is 53.1 Å². The van der Waals surface area contributed by atoms with Gasteiger partial charge in [0.05, 0.1) is 11.9 Å². The van der Waals surface area contributed by atoms with Crippen molar-refractivity contribution < 1.29 is 0 Å². The average Bonchev–Trinajstić information content (AvgIpc) is 3.04. The molecule has 3 rings (SSSR count). The molecule has 17 heavy (non-hydrogen) atoms. The Balaban J connectivity index is 1.69. The van der Waals surface area contributed by atoms with Crippen LogP contribution in [0.1, 0.15) is 19.3 Å². The third kappa shape index (κ3) is 2.49. The summed E-state index contributed by atoms with van der Waals surface area (Å²) < 4.78 is 0. The van der Waals surface area contributed by atoms with Crippen LogP contribution in [0.5, 0.6) is 0 Å². The number of hydrogen-bond acceptors (Lipinski definition) is 5. The molecule has 5 heteroatoms. The predicted octanol–water partition coefficient (Wildman–Crippen LogP) is 0.849. The summed E-state index contributed by atoms with van der Waals surface area (Å²) in [6.07, 6.45) is 5.58. The molecule has 1 atom stereocenters. The van der Waals surface area contributed by atoms with Gasteiger partial charge in [0.15, 0.2) is 5.82 Å². The van der Waals surface area contributed by atoms with Crippen molar-refractivity contribution in [2.75, 3.05) is 30.4 Å². The Morgan fingerprint density at radius 1 is 1.29 bits per heavy atom. The molecule has 2 N–H and O–H groups in total. The Labute approximate surface area is 102 Å². The van der Waals surface area contributed by atoms with Crippen LogP contribution in [0.25, 0.3) is 0 Å². The maximum atomic E-state index is 4.13. The van der Waals surface area contributed by atoms with Crippen LogP contribution in [0.2, 0.25) is 0 Å². The molecular weight excluding hydrogens is 214 g/mol. The maximum absolute atomic E-state index is 4.13. The SMILES string of the molecule is CNC1CCN(c2cnnc(NC3CC3)c2)C1. The zero-order valence-electron chi connectivity index (χ0n) is 10.2. The molecule has 2 heterocycles. The second-order valence-corrected chi connectivity index (χ2v) is 4.94. The summed E-state index contributed by atoms with van der Waals surface area (Å²) in [4.78, 5) is 2.37. The number of nitrogens with one attached hydrogen (secondary N) is 2. The van der Waals surface area contributed by atoms with E-state index in [-0.39, 0.29) is 0 Å². The smallest absolute Gasteiger partial charge is 0.150 e. The van der Waals surface area contributed by atoms with Gasteiger partial charge in [-0.1, -0.05) is 0 Å². The van der Waals surface area contributed by atoms with Crippen molar-refractivity contribution in [3.05, 3.63) is 12.3 Å². The standard InChI is InChI=1S/C12H19N5/c1-13-10-4-5-17(8-10)11-6-12(16-14-7-11)15-9-2-3-9/h6-7,9-10,13H,2-5,8H2,1H3,(H,15,16). The van der Waals surface area contributed by atoms with Gasteiger partial charge in [-0.2, -0.15) is 5.10 Å². The molecule has 0 bridgehead atoms. The highest BCUT2D eigenvalue weighted by Gasteiger charge is 2.24. The molecule has 0 amide bonds. The first-order valence-corrected chi connectivity index (χ1v) is 6.36. The fourth-order valence-corrected chi connectivity index (χ4v) is 2.27. The molecule has 0 radical (unpaired) electrons. The van der Waals surface area contributed by atoms with E-state index in [4.69, 9.17) is 0 Å². The summed E-state index contributed by atoms with van der Waals surface area (Å²) in [6.45, 7) is 2.16. The molecule has 2 fully saturated rings. The highest BCUT2D eigenvalue weighted by Crippen LogP contribution is 2.26. The van der Waals surface area contributed by atoms with Crippen LogP contribution in [0.4, 0.5) is 11.5 Å². The van der Waals surface area contributed by atoms with Crippen LogP contribution >= 0.6 is 0 Å². The lowest BCUT2D eigenvalue weighted by Gasteiger charge is -2.18. The van der Waals surface area contributed by atoms with Gasteiger partial charge in [0, 0.05) is 31.2 Å². The zero-order valence-corrected chi connectivity index (χ0v) is 10.2. The van der Waals surface area contributed by atoms with Crippen molar-refractivity contribution in [1.29, 1.82) is 0 Å². The monoisotopic (exact) mass is 233 g/mol. The Morgan fingerprint density at radius 3 is 2.88 bits per heavy atom. The molecule has 0 aromatic carbocycles. The first-order valence-electron chi connectivity index (χ1n) is 6.36. The lowest BCUT2D eigenvalue weighted by atomic mass is 10.3. The molecule has 1 aliphatic heterocycles. The van der Waals surface area contributed by atoms with Gasteiger partial charge in [0.2, 0.25) is 0 Å². The van der Waals surface area contributed by atoms with Crippen molar-refractivity contribution in [1.82, 2.24) is 15.5 Å². The van der Waals surface area contributed by atoms with Gasteiger partial charge in [0.1, 0.15) is 0 Å². The normalized spacial score (nSPS) is 24.1. The molecule has 0 spiro atoms. The van der Waals surface area contributed by atoms with Gasteiger partial charge in [-0.25, -0.2) is 0 Å². The molecule has 1 aliphatic carbocycles. The summed E-state index contributed by atoms with van der Waals surface area (Å²) >= 11 is 0. The summed E-state index contributed by atoms with van der Waals surface area (Å²) in [5.74, 6) is 0.915. The minimum Gasteiger partial charge on any atom is -0.369 e. The van der Waals surface area contributed by atoms with Crippen molar-refractivity contribution in [2.45, 2.75) is 31.3 Å². The molecular formula is C12H19N5. The minimum absolute atomic E-state index is 0.600. The van der Waals surface area contributed by atoms with Gasteiger partial charge in [0.25, 0.3) is 0 Å². The molecule has 1 saturated carbocycles. The number of aromatic nitrogens is 2. The third-order valence-corrected chi connectivity index (χ3v) is 3.53. The molecule has 1 saturated heterocycles. The van der Waals surface area contributed by atoms with E-state index in [9.17, 15) is 0 Å². The van der Waals surface area contributed by atoms with E-state index < -0.39 is 0 Å². The molecule has 5 nitrogen and oxygen atoms in total. The molecule has 1 aromatic rings. The lowest BCUT2D eigenvalue weighted by Crippen LogP contribution is -2.29. The Hall–Kier alpha value is -1.36. The van der Waals surface area contributed by atoms with Crippen LogP contribution in [-0.2, 0) is 0 Å². The van der Waals surface area contributed by atoms with Crippen molar-refractivity contribution in [2.24, 2.45) is 0 Å².